The van der Waals surface area contributed by atoms with Crippen LogP contribution in [-0.4, -0.2) is 22.5 Å². The van der Waals surface area contributed by atoms with Crippen LogP contribution in [0, 0.1) is 34.8 Å². The van der Waals surface area contributed by atoms with Crippen molar-refractivity contribution in [3.05, 3.63) is 53.4 Å². The highest BCUT2D eigenvalue weighted by Gasteiger charge is 2.57. The molecule has 2 aliphatic carbocycles. The second-order valence-corrected chi connectivity index (χ2v) is 9.82. The van der Waals surface area contributed by atoms with E-state index in [1.807, 2.05) is 0 Å². The van der Waals surface area contributed by atoms with Crippen molar-refractivity contribution in [3.63, 3.8) is 0 Å². The van der Waals surface area contributed by atoms with E-state index < -0.39 is 17.5 Å². The molecule has 1 heterocycles. The molecule has 0 saturated heterocycles. The monoisotopic (exact) mass is 444 g/mol. The average Bonchev–Trinajstić information content (AvgIpc) is 3.33. The van der Waals surface area contributed by atoms with Gasteiger partial charge in [0.25, 0.3) is 5.91 Å². The van der Waals surface area contributed by atoms with Gasteiger partial charge in [-0.25, -0.2) is 13.6 Å². The summed E-state index contributed by atoms with van der Waals surface area (Å²) < 4.78 is 28.3. The maximum atomic E-state index is 13.5. The molecule has 4 N–H and O–H groups in total. The fraction of sp³-hybridized carbons (Fsp3) is 0.500. The number of amides is 3. The molecule has 2 aromatic rings. The fourth-order valence-corrected chi connectivity index (χ4v) is 6.23. The summed E-state index contributed by atoms with van der Waals surface area (Å²) >= 11 is 0. The van der Waals surface area contributed by atoms with E-state index in [0.717, 1.165) is 25.0 Å². The number of carbonyl (C=O) groups is 2. The van der Waals surface area contributed by atoms with Crippen LogP contribution in [0.15, 0.2) is 30.5 Å². The number of hydrogen-bond acceptors (Lipinski definition) is 2. The Bertz CT molecular complexity index is 1050. The highest BCUT2D eigenvalue weighted by molar-refractivity contribution is 5.95. The molecule has 3 amide bonds. The zero-order valence-electron chi connectivity index (χ0n) is 18.6. The number of hydrogen-bond donors (Lipinski definition) is 3. The normalized spacial score (nSPS) is 26.5. The SMILES string of the molecule is CC(C)C1[C@@H]2CC[C@@]1(C)[C@@H](NC(=O)Nc1cc(C(N)=O)n(Cc3ccc(F)c(F)c3)c1)C2. The molecule has 4 atom stereocenters. The molecule has 1 aromatic carbocycles. The Morgan fingerprint density at radius 1 is 1.25 bits per heavy atom. The molecule has 6 nitrogen and oxygen atoms in total. The first-order valence-electron chi connectivity index (χ1n) is 11.1. The Morgan fingerprint density at radius 3 is 2.62 bits per heavy atom. The molecule has 2 fully saturated rings. The van der Waals surface area contributed by atoms with Crippen LogP contribution < -0.4 is 16.4 Å². The lowest BCUT2D eigenvalue weighted by molar-refractivity contribution is 0.0992. The molecule has 2 aliphatic rings. The summed E-state index contributed by atoms with van der Waals surface area (Å²) in [5, 5.41) is 5.94. The van der Waals surface area contributed by atoms with Gasteiger partial charge in [-0.05, 0) is 66.2 Å². The van der Waals surface area contributed by atoms with Crippen LogP contribution in [-0.2, 0) is 6.54 Å². The van der Waals surface area contributed by atoms with E-state index in [1.54, 1.807) is 6.20 Å². The summed E-state index contributed by atoms with van der Waals surface area (Å²) in [7, 11) is 0. The molecule has 0 spiro atoms. The van der Waals surface area contributed by atoms with Gasteiger partial charge < -0.3 is 20.9 Å². The first kappa shape index (κ1) is 22.3. The summed E-state index contributed by atoms with van der Waals surface area (Å²) in [4.78, 5) is 24.6. The molecule has 172 valence electrons. The maximum absolute atomic E-state index is 13.5. The number of carbonyl (C=O) groups excluding carboxylic acids is 2. The lowest BCUT2D eigenvalue weighted by Crippen LogP contribution is -2.47. The standard InChI is InChI=1S/C24H30F2N4O2/c1-13(2)21-15-6-7-24(21,3)20(9-15)29-23(32)28-16-10-19(22(27)31)30(12-16)11-14-4-5-17(25)18(26)8-14/h4-5,8,10,12-13,15,20-21H,6-7,9,11H2,1-3H3,(H2,27,31)(H2,28,29,32)/t15-,20+,21?,24+/m1/s1. The molecular formula is C24H30F2N4O2. The van der Waals surface area contributed by atoms with Crippen LogP contribution >= 0.6 is 0 Å². The predicted octanol–water partition coefficient (Wildman–Crippen LogP) is 4.50. The van der Waals surface area contributed by atoms with E-state index in [2.05, 4.69) is 31.4 Å². The van der Waals surface area contributed by atoms with E-state index in [-0.39, 0.29) is 29.7 Å². The Morgan fingerprint density at radius 2 is 2.00 bits per heavy atom. The molecule has 1 unspecified atom stereocenters. The third-order valence-corrected chi connectivity index (χ3v) is 7.43. The zero-order valence-corrected chi connectivity index (χ0v) is 18.6. The van der Waals surface area contributed by atoms with Crippen LogP contribution in [0.4, 0.5) is 19.3 Å². The number of nitrogens with zero attached hydrogens (tertiary/aromatic N) is 1. The van der Waals surface area contributed by atoms with Crippen molar-refractivity contribution < 1.29 is 18.4 Å². The smallest absolute Gasteiger partial charge is 0.319 e. The number of anilines is 1. The van der Waals surface area contributed by atoms with Gasteiger partial charge in [-0.1, -0.05) is 26.8 Å². The fourth-order valence-electron chi connectivity index (χ4n) is 6.23. The number of fused-ring (bicyclic) bond motifs is 2. The number of nitrogens with two attached hydrogens (primary N) is 1. The number of rotatable bonds is 6. The van der Waals surface area contributed by atoms with Gasteiger partial charge in [0.15, 0.2) is 11.6 Å². The summed E-state index contributed by atoms with van der Waals surface area (Å²) in [6.45, 7) is 6.89. The lowest BCUT2D eigenvalue weighted by atomic mass is 9.73. The van der Waals surface area contributed by atoms with Gasteiger partial charge in [0.1, 0.15) is 5.69 Å². The van der Waals surface area contributed by atoms with Crippen molar-refractivity contribution in [2.75, 3.05) is 5.32 Å². The number of primary amides is 1. The van der Waals surface area contributed by atoms with E-state index in [9.17, 15) is 18.4 Å². The second-order valence-electron chi connectivity index (χ2n) is 9.82. The van der Waals surface area contributed by atoms with Crippen molar-refractivity contribution in [2.24, 2.45) is 28.9 Å². The highest BCUT2D eigenvalue weighted by atomic mass is 19.2. The minimum atomic E-state index is -0.966. The van der Waals surface area contributed by atoms with Crippen molar-refractivity contribution in [3.8, 4) is 0 Å². The zero-order chi connectivity index (χ0) is 23.2. The molecule has 1 aromatic heterocycles. The van der Waals surface area contributed by atoms with Crippen LogP contribution in [0.1, 0.15) is 56.1 Å². The van der Waals surface area contributed by atoms with Gasteiger partial charge in [0, 0.05) is 18.8 Å². The summed E-state index contributed by atoms with van der Waals surface area (Å²) in [5.41, 5.74) is 6.61. The quantitative estimate of drug-likeness (QED) is 0.613. The highest BCUT2D eigenvalue weighted by Crippen LogP contribution is 2.60. The molecule has 2 bridgehead atoms. The Balaban J connectivity index is 1.46. The summed E-state index contributed by atoms with van der Waals surface area (Å²) in [5.74, 6) is -0.765. The number of aromatic nitrogens is 1. The van der Waals surface area contributed by atoms with Crippen LogP contribution in [0.25, 0.3) is 0 Å². The second kappa shape index (κ2) is 8.22. The molecule has 0 aliphatic heterocycles. The number of halogens is 2. The molecule has 0 radical (unpaired) electrons. The molecule has 4 rings (SSSR count). The van der Waals surface area contributed by atoms with Crippen molar-refractivity contribution in [2.45, 2.75) is 52.6 Å². The molecule has 8 heteroatoms. The first-order valence-corrected chi connectivity index (χ1v) is 11.1. The minimum Gasteiger partial charge on any atom is -0.364 e. The van der Waals surface area contributed by atoms with E-state index in [0.29, 0.717) is 29.0 Å². The lowest BCUT2D eigenvalue weighted by Gasteiger charge is -2.36. The van der Waals surface area contributed by atoms with Crippen LogP contribution in [0.2, 0.25) is 0 Å². The van der Waals surface area contributed by atoms with Gasteiger partial charge in [-0.15, -0.1) is 0 Å². The average molecular weight is 445 g/mol. The van der Waals surface area contributed by atoms with Gasteiger partial charge in [0.2, 0.25) is 0 Å². The topological polar surface area (TPSA) is 89.2 Å². The van der Waals surface area contributed by atoms with Gasteiger partial charge in [0.05, 0.1) is 5.69 Å². The van der Waals surface area contributed by atoms with Crippen molar-refractivity contribution in [1.29, 1.82) is 0 Å². The number of nitrogens with one attached hydrogen (secondary N) is 2. The van der Waals surface area contributed by atoms with E-state index in [1.165, 1.54) is 23.1 Å². The Kier molecular flexibility index (Phi) is 5.73. The molecular weight excluding hydrogens is 414 g/mol. The van der Waals surface area contributed by atoms with Crippen molar-refractivity contribution in [1.82, 2.24) is 9.88 Å². The van der Waals surface area contributed by atoms with Gasteiger partial charge >= 0.3 is 6.03 Å². The summed E-state index contributed by atoms with van der Waals surface area (Å²) in [6, 6.07) is 4.80. The number of urea groups is 1. The van der Waals surface area contributed by atoms with E-state index >= 15 is 0 Å². The van der Waals surface area contributed by atoms with Crippen LogP contribution in [0.3, 0.4) is 0 Å². The molecule has 32 heavy (non-hydrogen) atoms. The third kappa shape index (κ3) is 3.98. The molecule has 2 saturated carbocycles. The summed E-state index contributed by atoms with van der Waals surface area (Å²) in [6.07, 6.45) is 4.88. The Labute approximate surface area is 186 Å². The maximum Gasteiger partial charge on any atom is 0.319 e. The predicted molar refractivity (Wildman–Crippen MR) is 118 cm³/mol. The van der Waals surface area contributed by atoms with Crippen LogP contribution in [0.5, 0.6) is 0 Å². The first-order chi connectivity index (χ1) is 15.1. The van der Waals surface area contributed by atoms with Crippen molar-refractivity contribution >= 4 is 17.6 Å². The van der Waals surface area contributed by atoms with E-state index in [4.69, 9.17) is 5.73 Å². The minimum absolute atomic E-state index is 0.0904. The van der Waals surface area contributed by atoms with Gasteiger partial charge in [-0.3, -0.25) is 4.79 Å². The third-order valence-electron chi connectivity index (χ3n) is 7.43. The number of benzene rings is 1. The Hall–Kier alpha value is -2.90. The van der Waals surface area contributed by atoms with Gasteiger partial charge in [-0.2, -0.15) is 0 Å². The largest absolute Gasteiger partial charge is 0.364 e.